The molecule has 3 aromatic rings. The molecule has 0 bridgehead atoms. The van der Waals surface area contributed by atoms with Crippen molar-refractivity contribution in [2.75, 3.05) is 26.2 Å². The molecule has 0 radical (unpaired) electrons. The summed E-state index contributed by atoms with van der Waals surface area (Å²) >= 11 is 0. The Morgan fingerprint density at radius 2 is 1.55 bits per heavy atom. The minimum absolute atomic E-state index is 0.0489. The second kappa shape index (κ2) is 11.6. The first kappa shape index (κ1) is 27.1. The Balaban J connectivity index is 1.97. The molecule has 4 rings (SSSR count). The van der Waals surface area contributed by atoms with Gasteiger partial charge in [0.1, 0.15) is 6.04 Å². The third kappa shape index (κ3) is 5.35. The zero-order chi connectivity index (χ0) is 27.4. The van der Waals surface area contributed by atoms with Gasteiger partial charge in [-0.25, -0.2) is 0 Å². The molecule has 2 aromatic carbocycles. The van der Waals surface area contributed by atoms with Crippen molar-refractivity contribution < 1.29 is 28.2 Å². The minimum Gasteiger partial charge on any atom is -0.493 e. The van der Waals surface area contributed by atoms with E-state index < -0.39 is 11.9 Å². The van der Waals surface area contributed by atoms with Gasteiger partial charge < -0.3 is 23.9 Å². The molecule has 0 aliphatic heterocycles. The van der Waals surface area contributed by atoms with Gasteiger partial charge in [0.05, 0.1) is 33.3 Å². The second-order valence-electron chi connectivity index (χ2n) is 9.75. The van der Waals surface area contributed by atoms with Gasteiger partial charge in [-0.05, 0) is 74.6 Å². The standard InChI is InChI=1S/C30H36N2O6/c1-18-14-19(2)26(20(3)15-18)32(30(34)23-12-9-13-38-23)27(29(33)31-22-10-7-8-11-22)21-16-24(35-4)28(37-6)25(17-21)36-5/h9,12-17,22,27H,7-8,10-11H2,1-6H3,(H,31,33)/t27-/m1/s1. The molecule has 1 aliphatic rings. The van der Waals surface area contributed by atoms with E-state index in [1.54, 1.807) is 24.3 Å². The van der Waals surface area contributed by atoms with Gasteiger partial charge in [0, 0.05) is 6.04 Å². The Morgan fingerprint density at radius 3 is 2.05 bits per heavy atom. The summed E-state index contributed by atoms with van der Waals surface area (Å²) in [6.07, 6.45) is 5.38. The van der Waals surface area contributed by atoms with E-state index in [0.29, 0.717) is 28.5 Å². The molecule has 0 unspecified atom stereocenters. The number of anilines is 1. The maximum atomic E-state index is 14.2. The van der Waals surface area contributed by atoms with Crippen molar-refractivity contribution in [1.29, 1.82) is 0 Å². The zero-order valence-electron chi connectivity index (χ0n) is 22.9. The Kier molecular flexibility index (Phi) is 8.29. The van der Waals surface area contributed by atoms with Crippen LogP contribution in [0.4, 0.5) is 5.69 Å². The van der Waals surface area contributed by atoms with E-state index in [2.05, 4.69) is 5.32 Å². The van der Waals surface area contributed by atoms with E-state index in [0.717, 1.165) is 42.4 Å². The number of carbonyl (C=O) groups excluding carboxylic acids is 2. The quantitative estimate of drug-likeness (QED) is 0.391. The molecule has 8 heteroatoms. The van der Waals surface area contributed by atoms with Gasteiger partial charge in [0.25, 0.3) is 5.91 Å². The van der Waals surface area contributed by atoms with Crippen molar-refractivity contribution in [2.24, 2.45) is 0 Å². The van der Waals surface area contributed by atoms with Crippen LogP contribution in [0.15, 0.2) is 47.1 Å². The number of aryl methyl sites for hydroxylation is 3. The predicted molar refractivity (Wildman–Crippen MR) is 145 cm³/mol. The largest absolute Gasteiger partial charge is 0.493 e. The van der Waals surface area contributed by atoms with Crippen LogP contribution in [0, 0.1) is 20.8 Å². The van der Waals surface area contributed by atoms with Gasteiger partial charge in [-0.1, -0.05) is 30.5 Å². The number of hydrogen-bond donors (Lipinski definition) is 1. The van der Waals surface area contributed by atoms with Crippen molar-refractivity contribution in [2.45, 2.75) is 58.5 Å². The minimum atomic E-state index is -1.04. The fourth-order valence-electron chi connectivity index (χ4n) is 5.45. The summed E-state index contributed by atoms with van der Waals surface area (Å²) < 4.78 is 22.3. The lowest BCUT2D eigenvalue weighted by molar-refractivity contribution is -0.123. The Labute approximate surface area is 223 Å². The van der Waals surface area contributed by atoms with Crippen molar-refractivity contribution in [3.8, 4) is 17.2 Å². The molecule has 202 valence electrons. The summed E-state index contributed by atoms with van der Waals surface area (Å²) in [4.78, 5) is 29.9. The van der Waals surface area contributed by atoms with Gasteiger partial charge in [0.2, 0.25) is 11.7 Å². The second-order valence-corrected chi connectivity index (χ2v) is 9.75. The van der Waals surface area contributed by atoms with Crippen LogP contribution >= 0.6 is 0 Å². The maximum absolute atomic E-state index is 14.2. The topological polar surface area (TPSA) is 90.2 Å². The van der Waals surface area contributed by atoms with Crippen LogP contribution in [0.3, 0.4) is 0 Å². The summed E-state index contributed by atoms with van der Waals surface area (Å²) in [6, 6.07) is 9.73. The number of hydrogen-bond acceptors (Lipinski definition) is 6. The molecular weight excluding hydrogens is 484 g/mol. The summed E-state index contributed by atoms with van der Waals surface area (Å²) in [7, 11) is 4.57. The third-order valence-corrected chi connectivity index (χ3v) is 7.04. The Morgan fingerprint density at radius 1 is 0.947 bits per heavy atom. The van der Waals surface area contributed by atoms with E-state index in [-0.39, 0.29) is 17.7 Å². The van der Waals surface area contributed by atoms with Crippen LogP contribution in [-0.4, -0.2) is 39.2 Å². The first-order chi connectivity index (χ1) is 18.3. The van der Waals surface area contributed by atoms with Gasteiger partial charge >= 0.3 is 0 Å². The van der Waals surface area contributed by atoms with E-state index in [1.807, 2.05) is 32.9 Å². The molecule has 0 spiro atoms. The van der Waals surface area contributed by atoms with E-state index in [4.69, 9.17) is 18.6 Å². The van der Waals surface area contributed by atoms with Crippen LogP contribution in [0.25, 0.3) is 0 Å². The highest BCUT2D eigenvalue weighted by Gasteiger charge is 2.38. The lowest BCUT2D eigenvalue weighted by Crippen LogP contribution is -2.47. The molecule has 1 N–H and O–H groups in total. The summed E-state index contributed by atoms with van der Waals surface area (Å²) in [5, 5.41) is 3.21. The van der Waals surface area contributed by atoms with Crippen LogP contribution in [0.1, 0.15) is 64.5 Å². The van der Waals surface area contributed by atoms with Crippen molar-refractivity contribution in [3.63, 3.8) is 0 Å². The monoisotopic (exact) mass is 520 g/mol. The molecule has 0 saturated heterocycles. The van der Waals surface area contributed by atoms with Crippen LogP contribution < -0.4 is 24.4 Å². The molecular formula is C30H36N2O6. The molecule has 8 nitrogen and oxygen atoms in total. The summed E-state index contributed by atoms with van der Waals surface area (Å²) in [5.74, 6) is 0.609. The molecule has 1 aliphatic carbocycles. The number of nitrogens with zero attached hydrogens (tertiary/aromatic N) is 1. The number of nitrogens with one attached hydrogen (secondary N) is 1. The molecule has 1 fully saturated rings. The first-order valence-electron chi connectivity index (χ1n) is 12.8. The van der Waals surface area contributed by atoms with E-state index >= 15 is 0 Å². The highest BCUT2D eigenvalue weighted by molar-refractivity contribution is 6.09. The lowest BCUT2D eigenvalue weighted by Gasteiger charge is -2.34. The number of carbonyl (C=O) groups is 2. The molecule has 2 amide bonds. The van der Waals surface area contributed by atoms with Gasteiger partial charge in [-0.15, -0.1) is 0 Å². The van der Waals surface area contributed by atoms with Gasteiger partial charge in [-0.3, -0.25) is 14.5 Å². The average Bonchev–Trinajstić information content (AvgIpc) is 3.61. The Hall–Kier alpha value is -3.94. The number of benzene rings is 2. The normalized spacial score (nSPS) is 14.2. The number of methoxy groups -OCH3 is 3. The van der Waals surface area contributed by atoms with Crippen LogP contribution in [0.2, 0.25) is 0 Å². The number of amides is 2. The first-order valence-corrected chi connectivity index (χ1v) is 12.8. The maximum Gasteiger partial charge on any atom is 0.294 e. The highest BCUT2D eigenvalue weighted by atomic mass is 16.5. The fourth-order valence-corrected chi connectivity index (χ4v) is 5.45. The third-order valence-electron chi connectivity index (χ3n) is 7.04. The number of ether oxygens (including phenoxy) is 3. The lowest BCUT2D eigenvalue weighted by atomic mass is 9.97. The van der Waals surface area contributed by atoms with Crippen LogP contribution in [0.5, 0.6) is 17.2 Å². The van der Waals surface area contributed by atoms with Crippen molar-refractivity contribution in [1.82, 2.24) is 5.32 Å². The SMILES string of the molecule is COc1cc([C@H](C(=O)NC2CCCC2)N(C(=O)c2ccco2)c2c(C)cc(C)cc2C)cc(OC)c1OC. The van der Waals surface area contributed by atoms with Gasteiger partial charge in [0.15, 0.2) is 17.3 Å². The number of furan rings is 1. The predicted octanol–water partition coefficient (Wildman–Crippen LogP) is 5.68. The zero-order valence-corrected chi connectivity index (χ0v) is 22.9. The number of rotatable bonds is 9. The van der Waals surface area contributed by atoms with E-state index in [9.17, 15) is 9.59 Å². The van der Waals surface area contributed by atoms with Gasteiger partial charge in [-0.2, -0.15) is 0 Å². The average molecular weight is 521 g/mol. The van der Waals surface area contributed by atoms with Crippen molar-refractivity contribution >= 4 is 17.5 Å². The van der Waals surface area contributed by atoms with Crippen LogP contribution in [-0.2, 0) is 4.79 Å². The molecule has 38 heavy (non-hydrogen) atoms. The Bertz CT molecular complexity index is 1250. The fraction of sp³-hybridized carbons (Fsp3) is 0.400. The molecule has 1 aromatic heterocycles. The highest BCUT2D eigenvalue weighted by Crippen LogP contribution is 2.43. The van der Waals surface area contributed by atoms with E-state index in [1.165, 1.54) is 32.5 Å². The summed E-state index contributed by atoms with van der Waals surface area (Å²) in [5.41, 5.74) is 3.97. The molecule has 1 saturated carbocycles. The van der Waals surface area contributed by atoms with Crippen molar-refractivity contribution in [3.05, 3.63) is 70.7 Å². The summed E-state index contributed by atoms with van der Waals surface area (Å²) in [6.45, 7) is 5.89. The molecule has 1 heterocycles. The molecule has 1 atom stereocenters. The smallest absolute Gasteiger partial charge is 0.294 e.